The summed E-state index contributed by atoms with van der Waals surface area (Å²) in [5.41, 5.74) is 1.06. The molecule has 0 amide bonds. The fourth-order valence-corrected chi connectivity index (χ4v) is 3.70. The third kappa shape index (κ3) is 3.46. The quantitative estimate of drug-likeness (QED) is 0.903. The lowest BCUT2D eigenvalue weighted by atomic mass is 9.98. The first kappa shape index (κ1) is 14.8. The number of piperidine rings is 1. The number of aliphatic hydroxyl groups excluding tert-OH is 1. The van der Waals surface area contributed by atoms with Gasteiger partial charge in [-0.1, -0.05) is 25.2 Å². The maximum atomic E-state index is 9.43. The van der Waals surface area contributed by atoms with E-state index in [1.807, 2.05) is 0 Å². The van der Waals surface area contributed by atoms with E-state index in [1.165, 1.54) is 12.8 Å². The molecule has 1 saturated heterocycles. The maximum absolute atomic E-state index is 9.43. The van der Waals surface area contributed by atoms with Crippen LogP contribution in [0.25, 0.3) is 0 Å². The third-order valence-electron chi connectivity index (χ3n) is 3.69. The summed E-state index contributed by atoms with van der Waals surface area (Å²) in [4.78, 5) is 8.10. The van der Waals surface area contributed by atoms with E-state index >= 15 is 0 Å². The van der Waals surface area contributed by atoms with E-state index in [0.717, 1.165) is 35.4 Å². The molecular formula is C14H24N2O2S. The Kier molecular flexibility index (Phi) is 5.19. The first-order valence-electron chi connectivity index (χ1n) is 7.00. The highest BCUT2D eigenvalue weighted by Gasteiger charge is 2.23. The highest BCUT2D eigenvalue weighted by Crippen LogP contribution is 2.32. The number of aliphatic hydroxyl groups is 1. The number of hydrogen-bond acceptors (Lipinski definition) is 5. The molecule has 0 spiro atoms. The van der Waals surface area contributed by atoms with Gasteiger partial charge in [-0.05, 0) is 24.7 Å². The van der Waals surface area contributed by atoms with Crippen molar-refractivity contribution in [2.45, 2.75) is 39.2 Å². The second-order valence-corrected chi connectivity index (χ2v) is 6.57. The molecule has 2 rings (SSSR count). The molecule has 108 valence electrons. The van der Waals surface area contributed by atoms with Crippen molar-refractivity contribution >= 4 is 16.5 Å². The van der Waals surface area contributed by atoms with Gasteiger partial charge in [-0.25, -0.2) is 4.98 Å². The van der Waals surface area contributed by atoms with Crippen LogP contribution in [0.5, 0.6) is 0 Å². The first-order valence-corrected chi connectivity index (χ1v) is 7.81. The predicted octanol–water partition coefficient (Wildman–Crippen LogP) is 2.62. The van der Waals surface area contributed by atoms with Crippen LogP contribution in [0.4, 0.5) is 5.13 Å². The Balaban J connectivity index is 2.03. The maximum Gasteiger partial charge on any atom is 0.185 e. The molecule has 19 heavy (non-hydrogen) atoms. The molecule has 0 unspecified atom stereocenters. The fourth-order valence-electron chi connectivity index (χ4n) is 2.58. The molecule has 0 bridgehead atoms. The number of hydrogen-bond donors (Lipinski definition) is 1. The van der Waals surface area contributed by atoms with Crippen LogP contribution < -0.4 is 4.90 Å². The summed E-state index contributed by atoms with van der Waals surface area (Å²) >= 11 is 1.64. The third-order valence-corrected chi connectivity index (χ3v) is 4.81. The van der Waals surface area contributed by atoms with Crippen LogP contribution in [0.1, 0.15) is 43.2 Å². The largest absolute Gasteiger partial charge is 0.391 e. The monoisotopic (exact) mass is 284 g/mol. The van der Waals surface area contributed by atoms with Crippen molar-refractivity contribution in [3.05, 3.63) is 10.6 Å². The lowest BCUT2D eigenvalue weighted by molar-refractivity contribution is 0.139. The van der Waals surface area contributed by atoms with Crippen molar-refractivity contribution in [2.75, 3.05) is 31.7 Å². The topological polar surface area (TPSA) is 45.6 Å². The van der Waals surface area contributed by atoms with E-state index < -0.39 is 0 Å². The van der Waals surface area contributed by atoms with Crippen molar-refractivity contribution in [3.8, 4) is 0 Å². The van der Waals surface area contributed by atoms with Gasteiger partial charge in [0.1, 0.15) is 0 Å². The van der Waals surface area contributed by atoms with Crippen LogP contribution in [0.3, 0.4) is 0 Å². The lowest BCUT2D eigenvalue weighted by Crippen LogP contribution is -2.34. The van der Waals surface area contributed by atoms with Crippen LogP contribution in [-0.4, -0.2) is 36.9 Å². The molecule has 1 fully saturated rings. The van der Waals surface area contributed by atoms with Gasteiger partial charge in [-0.15, -0.1) is 0 Å². The molecule has 0 saturated carbocycles. The summed E-state index contributed by atoms with van der Waals surface area (Å²) in [5, 5.41) is 10.5. The second kappa shape index (κ2) is 6.68. The molecule has 1 aromatic rings. The summed E-state index contributed by atoms with van der Waals surface area (Å²) in [6.07, 6.45) is 2.33. The molecule has 1 aromatic heterocycles. The van der Waals surface area contributed by atoms with E-state index in [2.05, 4.69) is 18.7 Å². The first-order chi connectivity index (χ1) is 9.15. The van der Waals surface area contributed by atoms with Crippen molar-refractivity contribution in [3.63, 3.8) is 0 Å². The molecule has 1 N–H and O–H groups in total. The van der Waals surface area contributed by atoms with Gasteiger partial charge >= 0.3 is 0 Å². The average Bonchev–Trinajstić information content (AvgIpc) is 2.84. The van der Waals surface area contributed by atoms with Crippen LogP contribution in [0.2, 0.25) is 0 Å². The summed E-state index contributed by atoms with van der Waals surface area (Å²) < 4.78 is 5.23. The van der Waals surface area contributed by atoms with Crippen LogP contribution >= 0.6 is 11.3 Å². The minimum atomic E-state index is 0.102. The minimum Gasteiger partial charge on any atom is -0.391 e. The lowest BCUT2D eigenvalue weighted by Gasteiger charge is -2.31. The van der Waals surface area contributed by atoms with Crippen molar-refractivity contribution in [1.82, 2.24) is 4.98 Å². The van der Waals surface area contributed by atoms with Gasteiger partial charge in [0.15, 0.2) is 5.13 Å². The Morgan fingerprint density at radius 3 is 2.58 bits per heavy atom. The van der Waals surface area contributed by atoms with Gasteiger partial charge in [0.05, 0.1) is 17.2 Å². The standard InChI is InChI=1S/C14H24N2O2S/c1-10(2)13-12(8-17)19-14(15-13)16-6-4-11(5-7-16)9-18-3/h10-11,17H,4-9H2,1-3H3. The normalized spacial score (nSPS) is 17.4. The molecular weight excluding hydrogens is 260 g/mol. The fraction of sp³-hybridized carbons (Fsp3) is 0.786. The van der Waals surface area contributed by atoms with E-state index in [1.54, 1.807) is 18.4 Å². The van der Waals surface area contributed by atoms with Gasteiger partial charge in [0.25, 0.3) is 0 Å². The molecule has 0 radical (unpaired) electrons. The summed E-state index contributed by atoms with van der Waals surface area (Å²) in [6, 6.07) is 0. The minimum absolute atomic E-state index is 0.102. The summed E-state index contributed by atoms with van der Waals surface area (Å²) in [5.74, 6) is 1.06. The Morgan fingerprint density at radius 2 is 2.11 bits per heavy atom. The number of methoxy groups -OCH3 is 1. The van der Waals surface area contributed by atoms with Crippen molar-refractivity contribution in [1.29, 1.82) is 0 Å². The number of aromatic nitrogens is 1. The van der Waals surface area contributed by atoms with Crippen molar-refractivity contribution < 1.29 is 9.84 Å². The zero-order valence-corrected chi connectivity index (χ0v) is 12.9. The predicted molar refractivity (Wildman–Crippen MR) is 78.9 cm³/mol. The Hall–Kier alpha value is -0.650. The van der Waals surface area contributed by atoms with Crippen LogP contribution in [0, 0.1) is 5.92 Å². The van der Waals surface area contributed by atoms with E-state index in [4.69, 9.17) is 9.72 Å². The van der Waals surface area contributed by atoms with Gasteiger partial charge in [-0.2, -0.15) is 0 Å². The molecule has 4 nitrogen and oxygen atoms in total. The van der Waals surface area contributed by atoms with E-state index in [9.17, 15) is 5.11 Å². The molecule has 1 aliphatic heterocycles. The van der Waals surface area contributed by atoms with Gasteiger partial charge < -0.3 is 14.7 Å². The van der Waals surface area contributed by atoms with Gasteiger partial charge in [0, 0.05) is 26.8 Å². The SMILES string of the molecule is COCC1CCN(c2nc(C(C)C)c(CO)s2)CC1. The smallest absolute Gasteiger partial charge is 0.185 e. The van der Waals surface area contributed by atoms with E-state index in [-0.39, 0.29) is 6.61 Å². The highest BCUT2D eigenvalue weighted by molar-refractivity contribution is 7.15. The molecule has 5 heteroatoms. The number of thiazole rings is 1. The molecule has 0 aromatic carbocycles. The van der Waals surface area contributed by atoms with Crippen LogP contribution in [-0.2, 0) is 11.3 Å². The number of nitrogens with zero attached hydrogens (tertiary/aromatic N) is 2. The zero-order chi connectivity index (χ0) is 13.8. The van der Waals surface area contributed by atoms with Gasteiger partial charge in [0.2, 0.25) is 0 Å². The molecule has 0 aliphatic carbocycles. The number of rotatable bonds is 5. The van der Waals surface area contributed by atoms with Gasteiger partial charge in [-0.3, -0.25) is 0 Å². The summed E-state index contributed by atoms with van der Waals surface area (Å²) in [7, 11) is 1.77. The zero-order valence-electron chi connectivity index (χ0n) is 12.1. The average molecular weight is 284 g/mol. The Bertz CT molecular complexity index is 398. The van der Waals surface area contributed by atoms with E-state index in [0.29, 0.717) is 11.8 Å². The Morgan fingerprint density at radius 1 is 1.42 bits per heavy atom. The Labute approximate surface area is 119 Å². The number of ether oxygens (including phenoxy) is 1. The molecule has 0 atom stereocenters. The number of anilines is 1. The molecule has 1 aliphatic rings. The summed E-state index contributed by atoms with van der Waals surface area (Å²) in [6.45, 7) is 7.32. The van der Waals surface area contributed by atoms with Crippen LogP contribution in [0.15, 0.2) is 0 Å². The molecule has 2 heterocycles. The highest BCUT2D eigenvalue weighted by atomic mass is 32.1. The van der Waals surface area contributed by atoms with Crippen molar-refractivity contribution in [2.24, 2.45) is 5.92 Å². The second-order valence-electron chi connectivity index (χ2n) is 5.50.